The average molecular weight is 434 g/mol. The van der Waals surface area contributed by atoms with Crippen molar-refractivity contribution >= 4 is 33.9 Å². The van der Waals surface area contributed by atoms with E-state index in [1.807, 2.05) is 0 Å². The van der Waals surface area contributed by atoms with Gasteiger partial charge in [-0.25, -0.2) is 0 Å². The monoisotopic (exact) mass is 433 g/mol. The zero-order valence-corrected chi connectivity index (χ0v) is 20.0. The molecule has 0 spiro atoms. The molecule has 1 aliphatic carbocycles. The molecule has 0 amide bonds. The van der Waals surface area contributed by atoms with Crippen LogP contribution < -0.4 is 5.32 Å². The van der Waals surface area contributed by atoms with Crippen LogP contribution in [0.4, 0.5) is 5.69 Å². The number of nitrogens with one attached hydrogen (secondary N) is 1. The summed E-state index contributed by atoms with van der Waals surface area (Å²) in [6, 6.07) is 15.7. The lowest BCUT2D eigenvalue weighted by atomic mass is 10.1. The smallest absolute Gasteiger partial charge is 0.173 e. The Morgan fingerprint density at radius 1 is 1.03 bits per heavy atom. The van der Waals surface area contributed by atoms with E-state index in [1.54, 1.807) is 0 Å². The lowest BCUT2D eigenvalue weighted by molar-refractivity contribution is 0.281. The standard InChI is InChI=1S/C27H35N3S/c1-4-29-18-22(24-15-9-10-17-26(24)29)19-30(23-13-7-5-6-8-14-23)27(31)28-25-16-11-12-20(2)21(25)3/h9-12,15-18,23H,4-8,13-14,19H2,1-3H3,(H,28,31). The van der Waals surface area contributed by atoms with E-state index in [4.69, 9.17) is 12.2 Å². The normalized spacial score (nSPS) is 15.1. The van der Waals surface area contributed by atoms with Crippen molar-refractivity contribution in [1.29, 1.82) is 0 Å². The number of hydrogen-bond donors (Lipinski definition) is 1. The minimum absolute atomic E-state index is 0.497. The molecular formula is C27H35N3S. The molecule has 1 aromatic heterocycles. The summed E-state index contributed by atoms with van der Waals surface area (Å²) in [6.45, 7) is 8.38. The topological polar surface area (TPSA) is 20.2 Å². The molecule has 0 aliphatic heterocycles. The second kappa shape index (κ2) is 9.86. The fourth-order valence-corrected chi connectivity index (χ4v) is 5.23. The molecule has 1 fully saturated rings. The molecule has 0 atom stereocenters. The molecule has 1 heterocycles. The van der Waals surface area contributed by atoms with E-state index in [-0.39, 0.29) is 0 Å². The van der Waals surface area contributed by atoms with Crippen LogP contribution in [-0.2, 0) is 13.1 Å². The number of aryl methyl sites for hydroxylation is 2. The van der Waals surface area contributed by atoms with Gasteiger partial charge in [0.1, 0.15) is 0 Å². The van der Waals surface area contributed by atoms with Crippen LogP contribution >= 0.6 is 12.2 Å². The van der Waals surface area contributed by atoms with Crippen molar-refractivity contribution in [2.45, 2.75) is 78.4 Å². The first-order chi connectivity index (χ1) is 15.1. The highest BCUT2D eigenvalue weighted by atomic mass is 32.1. The summed E-state index contributed by atoms with van der Waals surface area (Å²) in [4.78, 5) is 2.48. The Balaban J connectivity index is 1.66. The van der Waals surface area contributed by atoms with Crippen LogP contribution in [0.3, 0.4) is 0 Å². The van der Waals surface area contributed by atoms with Crippen molar-refractivity contribution in [1.82, 2.24) is 9.47 Å². The molecule has 0 radical (unpaired) electrons. The van der Waals surface area contributed by atoms with Gasteiger partial charge in [-0.15, -0.1) is 0 Å². The summed E-state index contributed by atoms with van der Waals surface area (Å²) < 4.78 is 2.36. The van der Waals surface area contributed by atoms with Crippen LogP contribution in [0, 0.1) is 13.8 Å². The SMILES string of the molecule is CCn1cc(CN(C(=S)Nc2cccc(C)c2C)C2CCCCCC2)c2ccccc21. The first-order valence-electron chi connectivity index (χ1n) is 11.8. The van der Waals surface area contributed by atoms with E-state index in [9.17, 15) is 0 Å². The second-order valence-electron chi connectivity index (χ2n) is 8.91. The van der Waals surface area contributed by atoms with Gasteiger partial charge in [-0.2, -0.15) is 0 Å². The summed E-state index contributed by atoms with van der Waals surface area (Å²) >= 11 is 6.05. The maximum Gasteiger partial charge on any atom is 0.173 e. The molecule has 0 saturated heterocycles. The van der Waals surface area contributed by atoms with Crippen LogP contribution in [-0.4, -0.2) is 20.6 Å². The third kappa shape index (κ3) is 4.79. The van der Waals surface area contributed by atoms with E-state index in [2.05, 4.69) is 84.2 Å². The lowest BCUT2D eigenvalue weighted by Crippen LogP contribution is -2.42. The van der Waals surface area contributed by atoms with E-state index < -0.39 is 0 Å². The molecule has 164 valence electrons. The molecule has 4 rings (SSSR count). The van der Waals surface area contributed by atoms with Gasteiger partial charge in [0.2, 0.25) is 0 Å². The molecule has 4 heteroatoms. The molecule has 1 saturated carbocycles. The largest absolute Gasteiger partial charge is 0.347 e. The summed E-state index contributed by atoms with van der Waals surface area (Å²) in [7, 11) is 0. The molecule has 3 aromatic rings. The number of nitrogens with zero attached hydrogens (tertiary/aromatic N) is 2. The van der Waals surface area contributed by atoms with Gasteiger partial charge in [0.15, 0.2) is 5.11 Å². The highest BCUT2D eigenvalue weighted by Gasteiger charge is 2.24. The van der Waals surface area contributed by atoms with Crippen LogP contribution in [0.15, 0.2) is 48.7 Å². The van der Waals surface area contributed by atoms with Gasteiger partial charge in [-0.05, 0) is 74.7 Å². The predicted molar refractivity (Wildman–Crippen MR) is 137 cm³/mol. The number of thiocarbonyl (C=S) groups is 1. The number of benzene rings is 2. The Kier molecular flexibility index (Phi) is 6.96. The fraction of sp³-hybridized carbons (Fsp3) is 0.444. The van der Waals surface area contributed by atoms with Gasteiger partial charge in [-0.1, -0.05) is 56.0 Å². The van der Waals surface area contributed by atoms with Crippen LogP contribution in [0.1, 0.15) is 62.1 Å². The van der Waals surface area contributed by atoms with Crippen molar-refractivity contribution in [2.24, 2.45) is 0 Å². The van der Waals surface area contributed by atoms with E-state index in [0.717, 1.165) is 23.9 Å². The molecule has 0 bridgehead atoms. The van der Waals surface area contributed by atoms with Crippen LogP contribution in [0.25, 0.3) is 10.9 Å². The summed E-state index contributed by atoms with van der Waals surface area (Å²) in [5, 5.41) is 5.81. The first kappa shape index (κ1) is 21.9. The zero-order chi connectivity index (χ0) is 21.8. The van der Waals surface area contributed by atoms with Gasteiger partial charge < -0.3 is 14.8 Å². The number of para-hydroxylation sites is 1. The van der Waals surface area contributed by atoms with Crippen molar-refractivity contribution in [3.63, 3.8) is 0 Å². The highest BCUT2D eigenvalue weighted by molar-refractivity contribution is 7.80. The third-order valence-electron chi connectivity index (χ3n) is 6.93. The second-order valence-corrected chi connectivity index (χ2v) is 9.30. The van der Waals surface area contributed by atoms with Gasteiger partial charge in [0.25, 0.3) is 0 Å². The van der Waals surface area contributed by atoms with E-state index in [1.165, 1.54) is 66.1 Å². The Bertz CT molecular complexity index is 1040. The average Bonchev–Trinajstić information content (AvgIpc) is 2.93. The number of anilines is 1. The van der Waals surface area contributed by atoms with Gasteiger partial charge >= 0.3 is 0 Å². The van der Waals surface area contributed by atoms with E-state index >= 15 is 0 Å². The number of aromatic nitrogens is 1. The van der Waals surface area contributed by atoms with Gasteiger partial charge in [0.05, 0.1) is 0 Å². The summed E-state index contributed by atoms with van der Waals surface area (Å²) in [5.41, 5.74) is 6.37. The van der Waals surface area contributed by atoms with Crippen molar-refractivity contribution in [2.75, 3.05) is 5.32 Å². The third-order valence-corrected chi connectivity index (χ3v) is 7.26. The maximum atomic E-state index is 6.05. The minimum Gasteiger partial charge on any atom is -0.347 e. The van der Waals surface area contributed by atoms with Gasteiger partial charge in [-0.3, -0.25) is 0 Å². The molecular weight excluding hydrogens is 398 g/mol. The Morgan fingerprint density at radius 3 is 2.52 bits per heavy atom. The molecule has 31 heavy (non-hydrogen) atoms. The minimum atomic E-state index is 0.497. The summed E-state index contributed by atoms with van der Waals surface area (Å²) in [5.74, 6) is 0. The van der Waals surface area contributed by atoms with Crippen LogP contribution in [0.5, 0.6) is 0 Å². The van der Waals surface area contributed by atoms with E-state index in [0.29, 0.717) is 6.04 Å². The molecule has 2 aromatic carbocycles. The molecule has 0 unspecified atom stereocenters. The quantitative estimate of drug-likeness (QED) is 0.339. The van der Waals surface area contributed by atoms with Crippen LogP contribution in [0.2, 0.25) is 0 Å². The van der Waals surface area contributed by atoms with Crippen molar-refractivity contribution in [3.8, 4) is 0 Å². The van der Waals surface area contributed by atoms with Crippen molar-refractivity contribution < 1.29 is 0 Å². The molecule has 1 N–H and O–H groups in total. The first-order valence-corrected chi connectivity index (χ1v) is 12.2. The highest BCUT2D eigenvalue weighted by Crippen LogP contribution is 2.28. The van der Waals surface area contributed by atoms with Crippen molar-refractivity contribution in [3.05, 3.63) is 65.4 Å². The maximum absolute atomic E-state index is 6.05. The number of fused-ring (bicyclic) bond motifs is 1. The number of rotatable bonds is 5. The zero-order valence-electron chi connectivity index (χ0n) is 19.2. The Morgan fingerprint density at radius 2 is 1.77 bits per heavy atom. The van der Waals surface area contributed by atoms with Gasteiger partial charge in [0, 0.05) is 41.9 Å². The Labute approximate surface area is 192 Å². The fourth-order valence-electron chi connectivity index (χ4n) is 4.90. The molecule has 3 nitrogen and oxygen atoms in total. The predicted octanol–water partition coefficient (Wildman–Crippen LogP) is 7.20. The lowest BCUT2D eigenvalue weighted by Gasteiger charge is -2.34. The number of hydrogen-bond acceptors (Lipinski definition) is 1. The Hall–Kier alpha value is -2.33. The summed E-state index contributed by atoms with van der Waals surface area (Å²) in [6.07, 6.45) is 10.1. The molecule has 1 aliphatic rings.